The summed E-state index contributed by atoms with van der Waals surface area (Å²) in [5, 5.41) is 0.405. The van der Waals surface area contributed by atoms with Crippen LogP contribution < -0.4 is 0 Å². The lowest BCUT2D eigenvalue weighted by Crippen LogP contribution is -2.36. The Bertz CT molecular complexity index is 560. The van der Waals surface area contributed by atoms with Gasteiger partial charge in [0.1, 0.15) is 5.82 Å². The van der Waals surface area contributed by atoms with Crippen molar-refractivity contribution >= 4 is 17.5 Å². The molecule has 1 aliphatic heterocycles. The molecule has 1 aliphatic carbocycles. The molecule has 1 aromatic carbocycles. The minimum atomic E-state index is -0.324. The lowest BCUT2D eigenvalue weighted by atomic mass is 10.0. The van der Waals surface area contributed by atoms with E-state index in [4.69, 9.17) is 11.6 Å². The number of nitrogens with zero attached hydrogens (tertiary/aromatic N) is 1. The summed E-state index contributed by atoms with van der Waals surface area (Å²) in [5.41, 5.74) is 3.63. The standard InChI is InChI=1S/C17H19ClFNO/c18-15-2-1-3-16(19)14(15)6-7-17(21)20-10-8-13(9-11-20)12-4-5-12/h1-3H,4-11H2. The molecule has 2 nitrogen and oxygen atoms in total. The van der Waals surface area contributed by atoms with Crippen molar-refractivity contribution in [2.24, 2.45) is 0 Å². The molecule has 0 spiro atoms. The molecule has 21 heavy (non-hydrogen) atoms. The first-order chi connectivity index (χ1) is 10.1. The second-order valence-corrected chi connectivity index (χ2v) is 6.20. The van der Waals surface area contributed by atoms with Crippen LogP contribution in [0, 0.1) is 5.82 Å². The van der Waals surface area contributed by atoms with Crippen LogP contribution in [0.25, 0.3) is 0 Å². The van der Waals surface area contributed by atoms with Crippen LogP contribution in [0.1, 0.15) is 37.7 Å². The zero-order valence-electron chi connectivity index (χ0n) is 12.0. The number of piperidine rings is 1. The van der Waals surface area contributed by atoms with Crippen molar-refractivity contribution in [3.63, 3.8) is 0 Å². The molecule has 0 atom stereocenters. The van der Waals surface area contributed by atoms with Crippen LogP contribution >= 0.6 is 11.6 Å². The summed E-state index contributed by atoms with van der Waals surface area (Å²) in [4.78, 5) is 14.1. The number of carbonyl (C=O) groups excluding carboxylic acids is 1. The van der Waals surface area contributed by atoms with Crippen molar-refractivity contribution in [3.8, 4) is 0 Å². The van der Waals surface area contributed by atoms with Crippen LogP contribution in [0.5, 0.6) is 0 Å². The van der Waals surface area contributed by atoms with Gasteiger partial charge in [0.05, 0.1) is 0 Å². The third-order valence-electron chi connectivity index (χ3n) is 4.37. The molecular weight excluding hydrogens is 289 g/mol. The van der Waals surface area contributed by atoms with Gasteiger partial charge in [0.15, 0.2) is 0 Å². The van der Waals surface area contributed by atoms with E-state index in [2.05, 4.69) is 0 Å². The van der Waals surface area contributed by atoms with Gasteiger partial charge >= 0.3 is 0 Å². The topological polar surface area (TPSA) is 20.3 Å². The first-order valence-electron chi connectivity index (χ1n) is 7.55. The number of hydrogen-bond donors (Lipinski definition) is 0. The molecule has 0 aromatic heterocycles. The van der Waals surface area contributed by atoms with E-state index < -0.39 is 0 Å². The van der Waals surface area contributed by atoms with Crippen LogP contribution in [0.3, 0.4) is 0 Å². The highest BCUT2D eigenvalue weighted by Crippen LogP contribution is 2.36. The summed E-state index contributed by atoms with van der Waals surface area (Å²) in [6.07, 6.45) is 5.24. The Balaban J connectivity index is 1.54. The molecule has 1 saturated heterocycles. The Labute approximate surface area is 129 Å². The van der Waals surface area contributed by atoms with Gasteiger partial charge in [0, 0.05) is 30.1 Å². The van der Waals surface area contributed by atoms with Crippen LogP contribution in [0.4, 0.5) is 4.39 Å². The molecule has 2 aliphatic rings. The number of halogens is 2. The molecule has 1 amide bonds. The monoisotopic (exact) mass is 307 g/mol. The summed E-state index contributed by atoms with van der Waals surface area (Å²) in [5.74, 6) is -0.219. The van der Waals surface area contributed by atoms with Crippen molar-refractivity contribution in [1.29, 1.82) is 0 Å². The number of carbonyl (C=O) groups is 1. The molecule has 3 rings (SSSR count). The van der Waals surface area contributed by atoms with Crippen molar-refractivity contribution in [2.45, 2.75) is 38.5 Å². The molecule has 1 aromatic rings. The predicted octanol–water partition coefficient (Wildman–Crippen LogP) is 4.12. The average Bonchev–Trinajstić information content (AvgIpc) is 3.31. The van der Waals surface area contributed by atoms with Gasteiger partial charge < -0.3 is 4.90 Å². The normalized spacial score (nSPS) is 18.1. The smallest absolute Gasteiger partial charge is 0.222 e. The highest BCUT2D eigenvalue weighted by Gasteiger charge is 2.24. The number of rotatable bonds is 3. The number of benzene rings is 1. The Morgan fingerprint density at radius 2 is 1.81 bits per heavy atom. The Hall–Kier alpha value is -1.35. The fourth-order valence-corrected chi connectivity index (χ4v) is 3.21. The fourth-order valence-electron chi connectivity index (χ4n) is 2.96. The molecule has 0 N–H and O–H groups in total. The quantitative estimate of drug-likeness (QED) is 0.769. The third-order valence-corrected chi connectivity index (χ3v) is 4.72. The highest BCUT2D eigenvalue weighted by molar-refractivity contribution is 6.31. The Kier molecular flexibility index (Phi) is 4.29. The maximum atomic E-state index is 13.7. The van der Waals surface area contributed by atoms with E-state index in [1.165, 1.54) is 18.9 Å². The molecule has 1 saturated carbocycles. The zero-order valence-corrected chi connectivity index (χ0v) is 12.8. The van der Waals surface area contributed by atoms with Gasteiger partial charge in [-0.3, -0.25) is 4.79 Å². The molecular formula is C17H19ClFNO. The largest absolute Gasteiger partial charge is 0.342 e. The Morgan fingerprint density at radius 1 is 1.14 bits per heavy atom. The predicted molar refractivity (Wildman–Crippen MR) is 81.8 cm³/mol. The summed E-state index contributed by atoms with van der Waals surface area (Å²) < 4.78 is 13.7. The SMILES string of the molecule is O=C(CCc1c(F)cccc1Cl)N1CCC(=C2CC2)CC1. The summed E-state index contributed by atoms with van der Waals surface area (Å²) >= 11 is 5.99. The van der Waals surface area contributed by atoms with E-state index in [1.807, 2.05) is 4.90 Å². The highest BCUT2D eigenvalue weighted by atomic mass is 35.5. The van der Waals surface area contributed by atoms with Gasteiger partial charge in [-0.25, -0.2) is 4.39 Å². The van der Waals surface area contributed by atoms with Gasteiger partial charge in [-0.1, -0.05) is 28.8 Å². The van der Waals surface area contributed by atoms with Gasteiger partial charge in [-0.15, -0.1) is 0 Å². The molecule has 1 heterocycles. The van der Waals surface area contributed by atoms with E-state index in [9.17, 15) is 9.18 Å². The number of allylic oxidation sites excluding steroid dienone is 1. The third kappa shape index (κ3) is 3.46. The summed E-state index contributed by atoms with van der Waals surface area (Å²) in [6, 6.07) is 4.64. The van der Waals surface area contributed by atoms with Gasteiger partial charge in [-0.05, 0) is 44.2 Å². The zero-order chi connectivity index (χ0) is 14.8. The van der Waals surface area contributed by atoms with E-state index in [0.29, 0.717) is 23.4 Å². The minimum Gasteiger partial charge on any atom is -0.342 e. The first-order valence-corrected chi connectivity index (χ1v) is 7.93. The Morgan fingerprint density at radius 3 is 2.43 bits per heavy atom. The average molecular weight is 308 g/mol. The maximum absolute atomic E-state index is 13.7. The number of amides is 1. The molecule has 0 bridgehead atoms. The fraction of sp³-hybridized carbons (Fsp3) is 0.471. The van der Waals surface area contributed by atoms with Crippen LogP contribution in [0.2, 0.25) is 5.02 Å². The van der Waals surface area contributed by atoms with Crippen LogP contribution in [0.15, 0.2) is 29.3 Å². The number of likely N-dealkylation sites (tertiary alicyclic amines) is 1. The molecule has 0 unspecified atom stereocenters. The van der Waals surface area contributed by atoms with Crippen molar-refractivity contribution < 1.29 is 9.18 Å². The van der Waals surface area contributed by atoms with Crippen molar-refractivity contribution in [1.82, 2.24) is 4.90 Å². The maximum Gasteiger partial charge on any atom is 0.222 e. The van der Waals surface area contributed by atoms with Crippen molar-refractivity contribution in [3.05, 3.63) is 45.7 Å². The summed E-state index contributed by atoms with van der Waals surface area (Å²) in [7, 11) is 0. The minimum absolute atomic E-state index is 0.106. The van der Waals surface area contributed by atoms with Crippen LogP contribution in [-0.4, -0.2) is 23.9 Å². The lowest BCUT2D eigenvalue weighted by Gasteiger charge is -2.28. The van der Waals surface area contributed by atoms with E-state index in [-0.39, 0.29) is 11.7 Å². The summed E-state index contributed by atoms with van der Waals surface area (Å²) in [6.45, 7) is 1.62. The number of hydrogen-bond acceptors (Lipinski definition) is 1. The molecule has 0 radical (unpaired) electrons. The molecule has 112 valence electrons. The first kappa shape index (κ1) is 14.6. The van der Waals surface area contributed by atoms with E-state index in [0.717, 1.165) is 25.9 Å². The van der Waals surface area contributed by atoms with Crippen molar-refractivity contribution in [2.75, 3.05) is 13.1 Å². The van der Waals surface area contributed by atoms with Gasteiger partial charge in [0.25, 0.3) is 0 Å². The van der Waals surface area contributed by atoms with Gasteiger partial charge in [-0.2, -0.15) is 0 Å². The lowest BCUT2D eigenvalue weighted by molar-refractivity contribution is -0.131. The van der Waals surface area contributed by atoms with E-state index >= 15 is 0 Å². The van der Waals surface area contributed by atoms with E-state index in [1.54, 1.807) is 23.3 Å². The molecule has 4 heteroatoms. The second-order valence-electron chi connectivity index (χ2n) is 5.79. The molecule has 2 fully saturated rings. The second kappa shape index (κ2) is 6.18. The van der Waals surface area contributed by atoms with Crippen LogP contribution in [-0.2, 0) is 11.2 Å². The van der Waals surface area contributed by atoms with Gasteiger partial charge in [0.2, 0.25) is 5.91 Å².